The Kier molecular flexibility index (Phi) is 6.87. The molecule has 10 heteroatoms. The van der Waals surface area contributed by atoms with Gasteiger partial charge in [-0.25, -0.2) is 8.42 Å². The summed E-state index contributed by atoms with van der Waals surface area (Å²) in [5.74, 6) is 1.15. The van der Waals surface area contributed by atoms with Crippen LogP contribution in [0, 0.1) is 0 Å². The number of thioether (sulfide) groups is 1. The van der Waals surface area contributed by atoms with Crippen molar-refractivity contribution in [3.8, 4) is 11.5 Å². The van der Waals surface area contributed by atoms with Crippen LogP contribution in [0.15, 0.2) is 51.2 Å². The van der Waals surface area contributed by atoms with Gasteiger partial charge in [0.15, 0.2) is 0 Å². The smallest absolute Gasteiger partial charge is 0.276 e. The second-order valence-corrected chi connectivity index (χ2v) is 9.03. The fraction of sp³-hybridized carbons (Fsp3) is 0.389. The topological polar surface area (TPSA) is 105 Å². The van der Waals surface area contributed by atoms with Crippen molar-refractivity contribution in [3.63, 3.8) is 0 Å². The lowest BCUT2D eigenvalue weighted by molar-refractivity contribution is 0.445. The van der Waals surface area contributed by atoms with E-state index in [-0.39, 0.29) is 4.90 Å². The van der Waals surface area contributed by atoms with Gasteiger partial charge in [-0.05, 0) is 36.6 Å². The van der Waals surface area contributed by atoms with Crippen molar-refractivity contribution in [2.24, 2.45) is 0 Å². The summed E-state index contributed by atoms with van der Waals surface area (Å²) in [5.41, 5.74) is 1.75. The van der Waals surface area contributed by atoms with Crippen molar-refractivity contribution >= 4 is 21.8 Å². The van der Waals surface area contributed by atoms with E-state index in [1.807, 2.05) is 26.2 Å². The number of aryl methyl sites for hydroxylation is 1. The quantitative estimate of drug-likeness (QED) is 0.396. The van der Waals surface area contributed by atoms with Gasteiger partial charge in [0.2, 0.25) is 15.9 Å². The van der Waals surface area contributed by atoms with Gasteiger partial charge in [-0.1, -0.05) is 31.7 Å². The summed E-state index contributed by atoms with van der Waals surface area (Å²) < 4.78 is 32.5. The van der Waals surface area contributed by atoms with Crippen molar-refractivity contribution in [2.45, 2.75) is 36.8 Å². The van der Waals surface area contributed by atoms with Crippen molar-refractivity contribution in [1.29, 1.82) is 0 Å². The molecule has 0 saturated carbocycles. The monoisotopic (exact) mass is 421 g/mol. The number of H-pyrrole nitrogens is 1. The Balaban J connectivity index is 1.66. The molecule has 3 aromatic rings. The number of nitrogens with zero attached hydrogens (tertiary/aromatic N) is 4. The molecule has 1 aromatic carbocycles. The van der Waals surface area contributed by atoms with E-state index in [9.17, 15) is 8.42 Å². The van der Waals surface area contributed by atoms with Crippen LogP contribution in [0.1, 0.15) is 25.8 Å². The third-order valence-corrected chi connectivity index (χ3v) is 7.17. The van der Waals surface area contributed by atoms with E-state index in [4.69, 9.17) is 4.42 Å². The summed E-state index contributed by atoms with van der Waals surface area (Å²) in [6.07, 6.45) is 5.58. The molecule has 0 atom stereocenters. The minimum atomic E-state index is -3.53. The molecule has 28 heavy (non-hydrogen) atoms. The number of sulfonamides is 1. The van der Waals surface area contributed by atoms with Crippen LogP contribution in [0.3, 0.4) is 0 Å². The summed E-state index contributed by atoms with van der Waals surface area (Å²) in [6, 6.07) is 6.61. The molecule has 2 aromatic heterocycles. The third kappa shape index (κ3) is 4.81. The molecule has 0 saturated heterocycles. The van der Waals surface area contributed by atoms with Crippen LogP contribution in [0.4, 0.5) is 0 Å². The predicted octanol–water partition coefficient (Wildman–Crippen LogP) is 3.22. The van der Waals surface area contributed by atoms with Crippen molar-refractivity contribution in [2.75, 3.05) is 18.8 Å². The number of rotatable bonds is 10. The molecular weight excluding hydrogens is 398 g/mol. The number of aromatic amines is 1. The number of aromatic nitrogens is 4. The van der Waals surface area contributed by atoms with Gasteiger partial charge in [0.1, 0.15) is 0 Å². The van der Waals surface area contributed by atoms with Gasteiger partial charge in [-0.3, -0.25) is 5.10 Å². The first-order valence-electron chi connectivity index (χ1n) is 9.09. The Labute approximate surface area is 168 Å². The summed E-state index contributed by atoms with van der Waals surface area (Å²) in [6.45, 7) is 4.48. The maximum Gasteiger partial charge on any atom is 0.276 e. The fourth-order valence-electron chi connectivity index (χ4n) is 2.74. The molecular formula is C18H23N5O3S2. The zero-order valence-electron chi connectivity index (χ0n) is 15.8. The number of nitrogens with one attached hydrogen (secondary N) is 1. The zero-order chi connectivity index (χ0) is 20.0. The highest BCUT2D eigenvalue weighted by atomic mass is 32.2. The highest BCUT2D eigenvalue weighted by Crippen LogP contribution is 2.26. The van der Waals surface area contributed by atoms with E-state index in [0.29, 0.717) is 29.8 Å². The van der Waals surface area contributed by atoms with Crippen LogP contribution < -0.4 is 0 Å². The van der Waals surface area contributed by atoms with Crippen molar-refractivity contribution in [3.05, 3.63) is 42.2 Å². The van der Waals surface area contributed by atoms with Crippen LogP contribution in [0.5, 0.6) is 0 Å². The summed E-state index contributed by atoms with van der Waals surface area (Å²) >= 11 is 1.48. The van der Waals surface area contributed by atoms with Crippen LogP contribution in [0.2, 0.25) is 0 Å². The normalized spacial score (nSPS) is 12.0. The molecule has 0 radical (unpaired) electrons. The molecule has 0 unspecified atom stereocenters. The molecule has 2 heterocycles. The highest BCUT2D eigenvalue weighted by Gasteiger charge is 2.22. The van der Waals surface area contributed by atoms with Crippen LogP contribution in [-0.4, -0.2) is 52.0 Å². The first kappa shape index (κ1) is 20.6. The first-order chi connectivity index (χ1) is 13.5. The third-order valence-electron chi connectivity index (χ3n) is 4.22. The van der Waals surface area contributed by atoms with Crippen molar-refractivity contribution in [1.82, 2.24) is 24.7 Å². The first-order valence-corrected chi connectivity index (χ1v) is 11.5. The lowest BCUT2D eigenvalue weighted by Gasteiger charge is -2.18. The lowest BCUT2D eigenvalue weighted by atomic mass is 10.2. The zero-order valence-corrected chi connectivity index (χ0v) is 17.5. The average Bonchev–Trinajstić information content (AvgIpc) is 3.38. The van der Waals surface area contributed by atoms with Gasteiger partial charge < -0.3 is 4.42 Å². The maximum absolute atomic E-state index is 12.7. The van der Waals surface area contributed by atoms with E-state index in [0.717, 1.165) is 24.2 Å². The lowest BCUT2D eigenvalue weighted by Crippen LogP contribution is -2.30. The average molecular weight is 422 g/mol. The molecule has 0 bridgehead atoms. The second-order valence-electron chi connectivity index (χ2n) is 6.05. The van der Waals surface area contributed by atoms with E-state index in [2.05, 4.69) is 20.4 Å². The molecule has 0 spiro atoms. The Morgan fingerprint density at radius 2 is 2.04 bits per heavy atom. The van der Waals surface area contributed by atoms with Gasteiger partial charge in [-0.15, -0.1) is 10.2 Å². The molecule has 8 nitrogen and oxygen atoms in total. The van der Waals surface area contributed by atoms with Gasteiger partial charge >= 0.3 is 0 Å². The molecule has 0 amide bonds. The van der Waals surface area contributed by atoms with E-state index in [1.165, 1.54) is 16.1 Å². The van der Waals surface area contributed by atoms with Gasteiger partial charge in [0, 0.05) is 30.6 Å². The van der Waals surface area contributed by atoms with E-state index >= 15 is 0 Å². The maximum atomic E-state index is 12.7. The summed E-state index contributed by atoms with van der Waals surface area (Å²) in [7, 11) is -3.53. The molecule has 1 N–H and O–H groups in total. The molecule has 150 valence electrons. The molecule has 0 aliphatic rings. The minimum absolute atomic E-state index is 0.223. The van der Waals surface area contributed by atoms with Gasteiger partial charge in [0.05, 0.1) is 11.1 Å². The van der Waals surface area contributed by atoms with Crippen LogP contribution in [0.25, 0.3) is 11.5 Å². The van der Waals surface area contributed by atoms with E-state index < -0.39 is 10.0 Å². The number of hydrogen-bond acceptors (Lipinski definition) is 7. The number of hydrogen-bond donors (Lipinski definition) is 1. The molecule has 0 fully saturated rings. The second kappa shape index (κ2) is 9.35. The number of benzene rings is 1. The Morgan fingerprint density at radius 3 is 2.75 bits per heavy atom. The predicted molar refractivity (Wildman–Crippen MR) is 107 cm³/mol. The Bertz CT molecular complexity index is 982. The van der Waals surface area contributed by atoms with E-state index in [1.54, 1.807) is 24.3 Å². The Morgan fingerprint density at radius 1 is 1.21 bits per heavy atom. The van der Waals surface area contributed by atoms with Crippen LogP contribution >= 0.6 is 11.8 Å². The van der Waals surface area contributed by atoms with Crippen LogP contribution in [-0.2, 0) is 16.4 Å². The van der Waals surface area contributed by atoms with Crippen molar-refractivity contribution < 1.29 is 12.8 Å². The Hall–Kier alpha value is -2.17. The minimum Gasteiger partial charge on any atom is -0.411 e. The highest BCUT2D eigenvalue weighted by molar-refractivity contribution is 7.99. The standard InChI is InChI=1S/C18H23N5O3S2/c1-3-23(4-2)28(24,25)16-9-5-8-15(11-16)17-21-22-18(26-17)27-10-6-7-14-12-19-20-13-14/h5,8-9,11-13H,3-4,6-7,10H2,1-2H3,(H,19,20). The largest absolute Gasteiger partial charge is 0.411 e. The molecule has 0 aliphatic heterocycles. The molecule has 3 rings (SSSR count). The summed E-state index contributed by atoms with van der Waals surface area (Å²) in [5, 5.41) is 15.3. The van der Waals surface area contributed by atoms with Gasteiger partial charge in [0.25, 0.3) is 5.22 Å². The SMILES string of the molecule is CCN(CC)S(=O)(=O)c1cccc(-c2nnc(SCCCc3cn[nH]c3)o2)c1. The summed E-state index contributed by atoms with van der Waals surface area (Å²) in [4.78, 5) is 0.223. The molecule has 0 aliphatic carbocycles. The fourth-order valence-corrected chi connectivity index (χ4v) is 4.94. The van der Waals surface area contributed by atoms with Gasteiger partial charge in [-0.2, -0.15) is 9.40 Å².